The van der Waals surface area contributed by atoms with Gasteiger partial charge < -0.3 is 15.1 Å². The Kier molecular flexibility index (Phi) is 7.84. The van der Waals surface area contributed by atoms with Gasteiger partial charge in [0.2, 0.25) is 5.91 Å². The molecule has 1 amide bonds. The minimum absolute atomic E-state index is 0. The summed E-state index contributed by atoms with van der Waals surface area (Å²) in [5.74, 6) is 0.117. The Morgan fingerprint density at radius 3 is 2.36 bits per heavy atom. The van der Waals surface area contributed by atoms with E-state index < -0.39 is 11.7 Å². The number of carbonyl (C=O) groups excluding carboxylic acids is 1. The predicted molar refractivity (Wildman–Crippen MR) is 95.8 cm³/mol. The average molecular weight is 400 g/mol. The Labute approximate surface area is 157 Å². The van der Waals surface area contributed by atoms with E-state index in [2.05, 4.69) is 5.32 Å². The van der Waals surface area contributed by atoms with Crippen LogP contribution in [0.2, 0.25) is 0 Å². The molecule has 142 valence electrons. The highest BCUT2D eigenvalue weighted by molar-refractivity contribution is 5.85. The highest BCUT2D eigenvalue weighted by Crippen LogP contribution is 2.31. The van der Waals surface area contributed by atoms with Crippen molar-refractivity contribution in [1.82, 2.24) is 10.2 Å². The van der Waals surface area contributed by atoms with Crippen LogP contribution in [-0.2, 0) is 11.0 Å². The Bertz CT molecular complexity index is 572. The third-order valence-corrected chi connectivity index (χ3v) is 4.49. The summed E-state index contributed by atoms with van der Waals surface area (Å²) in [6, 6.07) is 5.28. The molecule has 0 aromatic heterocycles. The Morgan fingerprint density at radius 1 is 1.12 bits per heavy atom. The van der Waals surface area contributed by atoms with Crippen molar-refractivity contribution < 1.29 is 18.0 Å². The van der Waals surface area contributed by atoms with E-state index in [9.17, 15) is 18.0 Å². The molecule has 1 aromatic carbocycles. The lowest BCUT2D eigenvalue weighted by Gasteiger charge is -2.37. The summed E-state index contributed by atoms with van der Waals surface area (Å²) in [7, 11) is 0. The lowest BCUT2D eigenvalue weighted by molar-refractivity contribution is -0.137. The van der Waals surface area contributed by atoms with Gasteiger partial charge in [-0.05, 0) is 37.6 Å². The molecule has 2 saturated heterocycles. The van der Waals surface area contributed by atoms with E-state index in [1.807, 2.05) is 9.80 Å². The van der Waals surface area contributed by atoms with Gasteiger partial charge in [0.1, 0.15) is 0 Å². The number of rotatable bonds is 2. The second kappa shape index (κ2) is 8.96. The summed E-state index contributed by atoms with van der Waals surface area (Å²) in [5, 5.41) is 3.19. The van der Waals surface area contributed by atoms with Crippen molar-refractivity contribution in [3.05, 3.63) is 29.8 Å². The standard InChI is InChI=1S/C16H20F3N3O.2ClH/c17-16(18,19)12-3-1-4-13(11-12)21-7-9-22(10-8-21)15(23)14-5-2-6-20-14;;/h1,3-4,11,14,20H,2,5-10H2;2*1H/t14-;;/m0../s1. The van der Waals surface area contributed by atoms with Crippen LogP contribution in [0.3, 0.4) is 0 Å². The first-order chi connectivity index (χ1) is 10.9. The maximum Gasteiger partial charge on any atom is 0.416 e. The van der Waals surface area contributed by atoms with Crippen LogP contribution >= 0.6 is 24.8 Å². The molecule has 3 rings (SSSR count). The molecule has 25 heavy (non-hydrogen) atoms. The maximum absolute atomic E-state index is 12.8. The van der Waals surface area contributed by atoms with E-state index in [4.69, 9.17) is 0 Å². The van der Waals surface area contributed by atoms with Crippen LogP contribution in [0.5, 0.6) is 0 Å². The van der Waals surface area contributed by atoms with Crippen molar-refractivity contribution in [1.29, 1.82) is 0 Å². The van der Waals surface area contributed by atoms with E-state index in [1.54, 1.807) is 6.07 Å². The summed E-state index contributed by atoms with van der Waals surface area (Å²) in [6.45, 7) is 3.08. The van der Waals surface area contributed by atoms with Gasteiger partial charge in [-0.3, -0.25) is 4.79 Å². The van der Waals surface area contributed by atoms with Gasteiger partial charge in [-0.25, -0.2) is 0 Å². The SMILES string of the molecule is Cl.Cl.O=C([C@@H]1CCCN1)N1CCN(c2cccc(C(F)(F)F)c2)CC1. The lowest BCUT2D eigenvalue weighted by Crippen LogP contribution is -2.53. The minimum atomic E-state index is -4.33. The van der Waals surface area contributed by atoms with E-state index >= 15 is 0 Å². The van der Waals surface area contributed by atoms with Crippen LogP contribution in [-0.4, -0.2) is 49.6 Å². The quantitative estimate of drug-likeness (QED) is 0.830. The second-order valence-corrected chi connectivity index (χ2v) is 6.01. The fourth-order valence-electron chi connectivity index (χ4n) is 3.18. The summed E-state index contributed by atoms with van der Waals surface area (Å²) < 4.78 is 38.4. The molecular weight excluding hydrogens is 378 g/mol. The predicted octanol–water partition coefficient (Wildman–Crippen LogP) is 2.95. The van der Waals surface area contributed by atoms with Gasteiger partial charge >= 0.3 is 6.18 Å². The van der Waals surface area contributed by atoms with Crippen molar-refractivity contribution in [3.8, 4) is 0 Å². The minimum Gasteiger partial charge on any atom is -0.368 e. The molecule has 0 saturated carbocycles. The molecule has 0 bridgehead atoms. The highest BCUT2D eigenvalue weighted by Gasteiger charge is 2.32. The summed E-state index contributed by atoms with van der Waals surface area (Å²) in [6.07, 6.45) is -2.45. The molecule has 0 aliphatic carbocycles. The molecule has 2 fully saturated rings. The summed E-state index contributed by atoms with van der Waals surface area (Å²) >= 11 is 0. The molecule has 2 heterocycles. The highest BCUT2D eigenvalue weighted by atomic mass is 35.5. The monoisotopic (exact) mass is 399 g/mol. The van der Waals surface area contributed by atoms with E-state index in [0.717, 1.165) is 25.5 Å². The lowest BCUT2D eigenvalue weighted by atomic mass is 10.1. The zero-order valence-corrected chi connectivity index (χ0v) is 15.2. The molecule has 0 radical (unpaired) electrons. The van der Waals surface area contributed by atoms with Crippen LogP contribution in [0, 0.1) is 0 Å². The van der Waals surface area contributed by atoms with Gasteiger partial charge in [0, 0.05) is 31.9 Å². The molecule has 2 aliphatic heterocycles. The van der Waals surface area contributed by atoms with Crippen molar-refractivity contribution in [3.63, 3.8) is 0 Å². The molecule has 4 nitrogen and oxygen atoms in total. The van der Waals surface area contributed by atoms with Gasteiger partial charge in [0.25, 0.3) is 0 Å². The fraction of sp³-hybridized carbons (Fsp3) is 0.562. The molecule has 0 spiro atoms. The van der Waals surface area contributed by atoms with Crippen LogP contribution < -0.4 is 10.2 Å². The number of piperazine rings is 1. The van der Waals surface area contributed by atoms with Crippen LogP contribution in [0.1, 0.15) is 18.4 Å². The average Bonchev–Trinajstić information content (AvgIpc) is 3.08. The number of hydrogen-bond donors (Lipinski definition) is 1. The Hall–Kier alpha value is -1.18. The number of alkyl halides is 3. The molecular formula is C16H22Cl2F3N3O. The van der Waals surface area contributed by atoms with Crippen molar-refractivity contribution >= 4 is 36.4 Å². The Balaban J connectivity index is 0.00000156. The number of nitrogens with zero attached hydrogens (tertiary/aromatic N) is 2. The van der Waals surface area contributed by atoms with Crippen LogP contribution in [0.4, 0.5) is 18.9 Å². The van der Waals surface area contributed by atoms with Gasteiger partial charge in [-0.2, -0.15) is 13.2 Å². The third-order valence-electron chi connectivity index (χ3n) is 4.49. The first-order valence-electron chi connectivity index (χ1n) is 7.89. The number of hydrogen-bond acceptors (Lipinski definition) is 3. The van der Waals surface area contributed by atoms with Crippen molar-refractivity contribution in [2.75, 3.05) is 37.6 Å². The number of benzene rings is 1. The van der Waals surface area contributed by atoms with E-state index in [0.29, 0.717) is 31.9 Å². The van der Waals surface area contributed by atoms with Crippen molar-refractivity contribution in [2.24, 2.45) is 0 Å². The maximum atomic E-state index is 12.8. The molecule has 2 aliphatic rings. The molecule has 1 N–H and O–H groups in total. The zero-order valence-electron chi connectivity index (χ0n) is 13.6. The fourth-order valence-corrected chi connectivity index (χ4v) is 3.18. The number of amides is 1. The van der Waals surface area contributed by atoms with Gasteiger partial charge in [-0.15, -0.1) is 24.8 Å². The molecule has 9 heteroatoms. The second-order valence-electron chi connectivity index (χ2n) is 6.01. The first kappa shape index (κ1) is 21.9. The summed E-state index contributed by atoms with van der Waals surface area (Å²) in [4.78, 5) is 16.0. The largest absolute Gasteiger partial charge is 0.416 e. The topological polar surface area (TPSA) is 35.6 Å². The summed E-state index contributed by atoms with van der Waals surface area (Å²) in [5.41, 5.74) is -0.0745. The smallest absolute Gasteiger partial charge is 0.368 e. The Morgan fingerprint density at radius 2 is 1.80 bits per heavy atom. The number of carbonyl (C=O) groups is 1. The molecule has 1 atom stereocenters. The van der Waals surface area contributed by atoms with E-state index in [1.165, 1.54) is 12.1 Å². The molecule has 0 unspecified atom stereocenters. The normalized spacial score (nSPS) is 20.7. The third kappa shape index (κ3) is 5.15. The molecule has 1 aromatic rings. The van der Waals surface area contributed by atoms with Crippen LogP contribution in [0.25, 0.3) is 0 Å². The number of halogens is 5. The zero-order chi connectivity index (χ0) is 16.4. The first-order valence-corrected chi connectivity index (χ1v) is 7.89. The van der Waals surface area contributed by atoms with Crippen LogP contribution in [0.15, 0.2) is 24.3 Å². The van der Waals surface area contributed by atoms with Gasteiger partial charge in [-0.1, -0.05) is 6.07 Å². The van der Waals surface area contributed by atoms with Gasteiger partial charge in [0.05, 0.1) is 11.6 Å². The number of nitrogens with one attached hydrogen (secondary N) is 1. The van der Waals surface area contributed by atoms with Crippen molar-refractivity contribution in [2.45, 2.75) is 25.1 Å². The van der Waals surface area contributed by atoms with E-state index in [-0.39, 0.29) is 36.8 Å². The number of anilines is 1. The van der Waals surface area contributed by atoms with Gasteiger partial charge in [0.15, 0.2) is 0 Å².